The maximum atomic E-state index is 8.09. The summed E-state index contributed by atoms with van der Waals surface area (Å²) >= 11 is -3.62. The van der Waals surface area contributed by atoms with Crippen LogP contribution in [-0.4, -0.2) is 61.1 Å². The van der Waals surface area contributed by atoms with Crippen molar-refractivity contribution in [2.75, 3.05) is 26.4 Å². The van der Waals surface area contributed by atoms with Crippen LogP contribution in [-0.2, 0) is 36.2 Å². The molecule has 0 aliphatic carbocycles. The van der Waals surface area contributed by atoms with Crippen LogP contribution in [0.4, 0.5) is 0 Å². The molecule has 0 aromatic heterocycles. The number of ether oxygens (including phenoxy) is 1. The van der Waals surface area contributed by atoms with E-state index in [-0.39, 0.29) is 37.6 Å². The van der Waals surface area contributed by atoms with Crippen molar-refractivity contribution in [3.63, 3.8) is 0 Å². The minimum absolute atomic E-state index is 0.0278. The molecule has 0 unspecified atom stereocenters. The Morgan fingerprint density at radius 2 is 0.833 bits per heavy atom. The van der Waals surface area contributed by atoms with E-state index in [1.165, 1.54) is 0 Å². The molecule has 8 heteroatoms. The van der Waals surface area contributed by atoms with Crippen LogP contribution >= 0.6 is 0 Å². The predicted octanol–water partition coefficient (Wildman–Crippen LogP) is 2.49. The van der Waals surface area contributed by atoms with Crippen molar-refractivity contribution in [3.05, 3.63) is 0 Å². The summed E-state index contributed by atoms with van der Waals surface area (Å²) in [6, 6.07) is 0. The molecule has 148 valence electrons. The van der Waals surface area contributed by atoms with Crippen molar-refractivity contribution >= 4 is 0 Å². The average Bonchev–Trinajstić information content (AvgIpc) is 2.35. The summed E-state index contributed by atoms with van der Waals surface area (Å²) < 4.78 is 28.2. The third-order valence-electron chi connectivity index (χ3n) is 1.99. The van der Waals surface area contributed by atoms with Gasteiger partial charge in [-0.15, -0.1) is 0 Å². The van der Waals surface area contributed by atoms with Crippen LogP contribution in [0.2, 0.25) is 0 Å². The van der Waals surface area contributed by atoms with E-state index in [0.717, 1.165) is 0 Å². The number of hydrogen-bond donors (Lipinski definition) is 2. The summed E-state index contributed by atoms with van der Waals surface area (Å²) in [4.78, 5) is 0. The third kappa shape index (κ3) is 17.3. The van der Waals surface area contributed by atoms with E-state index in [0.29, 0.717) is 13.2 Å². The second-order valence-electron chi connectivity index (χ2n) is 6.23. The Morgan fingerprint density at radius 3 is 1.00 bits per heavy atom. The molecule has 0 aliphatic rings. The van der Waals surface area contributed by atoms with E-state index in [2.05, 4.69) is 4.74 Å². The van der Waals surface area contributed by atoms with Gasteiger partial charge in [-0.05, 0) is 0 Å². The first-order chi connectivity index (χ1) is 11.1. The quantitative estimate of drug-likeness (QED) is 0.391. The van der Waals surface area contributed by atoms with Gasteiger partial charge in [0.15, 0.2) is 0 Å². The first-order valence-electron chi connectivity index (χ1n) is 8.59. The largest absolute Gasteiger partial charge is 0.394 e. The third-order valence-corrected chi connectivity index (χ3v) is 6.74. The van der Waals surface area contributed by atoms with Crippen LogP contribution in [0.15, 0.2) is 0 Å². The molecule has 0 aromatic rings. The molecular formula is C16H38O7Ti. The van der Waals surface area contributed by atoms with Crippen molar-refractivity contribution in [3.8, 4) is 0 Å². The summed E-state index contributed by atoms with van der Waals surface area (Å²) in [6.45, 7) is 16.5. The number of aliphatic hydroxyl groups is 2. The average molecular weight is 390 g/mol. The summed E-state index contributed by atoms with van der Waals surface area (Å²) in [5, 5.41) is 16.2. The second kappa shape index (κ2) is 15.7. The Balaban J connectivity index is 0. The van der Waals surface area contributed by atoms with Crippen LogP contribution in [0.1, 0.15) is 55.4 Å². The van der Waals surface area contributed by atoms with Crippen molar-refractivity contribution in [2.45, 2.75) is 79.8 Å². The Morgan fingerprint density at radius 1 is 0.583 bits per heavy atom. The van der Waals surface area contributed by atoms with E-state index in [4.69, 9.17) is 23.5 Å². The van der Waals surface area contributed by atoms with Gasteiger partial charge in [-0.1, -0.05) is 0 Å². The molecule has 0 heterocycles. The Labute approximate surface area is 152 Å². The Hall–Kier alpha value is 0.434. The fraction of sp³-hybridized carbons (Fsp3) is 1.00. The van der Waals surface area contributed by atoms with Crippen LogP contribution < -0.4 is 0 Å². The van der Waals surface area contributed by atoms with Gasteiger partial charge in [-0.2, -0.15) is 0 Å². The maximum Gasteiger partial charge on any atom is 0.0698 e. The molecule has 0 atom stereocenters. The Kier molecular flexibility index (Phi) is 17.4. The molecule has 0 saturated heterocycles. The summed E-state index contributed by atoms with van der Waals surface area (Å²) in [6.07, 6.45) is 0.134. The molecular weight excluding hydrogens is 352 g/mol. The summed E-state index contributed by atoms with van der Waals surface area (Å²) in [7, 11) is 0. The van der Waals surface area contributed by atoms with Gasteiger partial charge in [0.2, 0.25) is 0 Å². The maximum absolute atomic E-state index is 8.09. The molecule has 0 bridgehead atoms. The van der Waals surface area contributed by atoms with Gasteiger partial charge >= 0.3 is 111 Å². The van der Waals surface area contributed by atoms with Gasteiger partial charge in [0.05, 0.1) is 26.4 Å². The molecule has 0 aromatic carbocycles. The normalized spacial score (nSPS) is 12.2. The standard InChI is InChI=1S/C4H10O3.4C3H7O.Ti/c5-1-3-7-4-2-6;4*1-3(2)4;/h5-6H,1-4H2;4*3H,1-2H3;/q;4*-1;+4. The molecule has 0 rings (SSSR count). The summed E-state index contributed by atoms with van der Waals surface area (Å²) in [5.74, 6) is 0. The zero-order chi connectivity index (χ0) is 19.2. The van der Waals surface area contributed by atoms with E-state index in [1.54, 1.807) is 0 Å². The smallest absolute Gasteiger partial charge is 0.0698 e. The number of hydrogen-bond acceptors (Lipinski definition) is 7. The molecule has 2 N–H and O–H groups in total. The molecule has 0 radical (unpaired) electrons. The van der Waals surface area contributed by atoms with Crippen molar-refractivity contribution in [1.82, 2.24) is 0 Å². The van der Waals surface area contributed by atoms with Gasteiger partial charge in [-0.3, -0.25) is 0 Å². The minimum atomic E-state index is -3.62. The van der Waals surface area contributed by atoms with Crippen molar-refractivity contribution in [2.24, 2.45) is 0 Å². The van der Waals surface area contributed by atoms with Crippen LogP contribution in [0, 0.1) is 0 Å². The van der Waals surface area contributed by atoms with E-state index in [1.807, 2.05) is 55.4 Å². The molecule has 0 spiro atoms. The Bertz CT molecular complexity index is 224. The molecule has 0 aliphatic heterocycles. The van der Waals surface area contributed by atoms with Gasteiger partial charge in [0.25, 0.3) is 0 Å². The fourth-order valence-electron chi connectivity index (χ4n) is 1.55. The van der Waals surface area contributed by atoms with Crippen LogP contribution in [0.5, 0.6) is 0 Å². The molecule has 0 fully saturated rings. The second-order valence-corrected chi connectivity index (χ2v) is 9.26. The molecule has 7 nitrogen and oxygen atoms in total. The minimum Gasteiger partial charge on any atom is -0.394 e. The predicted molar refractivity (Wildman–Crippen MR) is 89.9 cm³/mol. The molecule has 0 amide bonds. The van der Waals surface area contributed by atoms with E-state index < -0.39 is 18.1 Å². The van der Waals surface area contributed by atoms with Gasteiger partial charge < -0.3 is 14.9 Å². The SMILES string of the molecule is CC(C)[O][Ti]([O]C(C)C)([O]C(C)C)[O]C(C)C.OCCOCCO. The first kappa shape index (κ1) is 26.7. The topological polar surface area (TPSA) is 86.6 Å². The van der Waals surface area contributed by atoms with Gasteiger partial charge in [-0.25, -0.2) is 0 Å². The fourth-order valence-corrected chi connectivity index (χ4v) is 5.68. The number of aliphatic hydroxyl groups excluding tert-OH is 2. The number of rotatable bonds is 12. The zero-order valence-electron chi connectivity index (χ0n) is 16.6. The summed E-state index contributed by atoms with van der Waals surface area (Å²) in [5.41, 5.74) is 0. The molecule has 24 heavy (non-hydrogen) atoms. The van der Waals surface area contributed by atoms with Crippen molar-refractivity contribution in [1.29, 1.82) is 0 Å². The monoisotopic (exact) mass is 390 g/mol. The van der Waals surface area contributed by atoms with E-state index in [9.17, 15) is 0 Å². The van der Waals surface area contributed by atoms with Crippen LogP contribution in [0.3, 0.4) is 0 Å². The van der Waals surface area contributed by atoms with Crippen molar-refractivity contribution < 1.29 is 46.4 Å². The zero-order valence-corrected chi connectivity index (χ0v) is 18.1. The van der Waals surface area contributed by atoms with E-state index >= 15 is 0 Å². The molecule has 0 saturated carbocycles. The van der Waals surface area contributed by atoms with Gasteiger partial charge in [0, 0.05) is 0 Å². The van der Waals surface area contributed by atoms with Crippen LogP contribution in [0.25, 0.3) is 0 Å². The van der Waals surface area contributed by atoms with Gasteiger partial charge in [0.1, 0.15) is 0 Å². The first-order valence-corrected chi connectivity index (χ1v) is 11.1.